The van der Waals surface area contributed by atoms with Crippen molar-refractivity contribution in [2.75, 3.05) is 5.75 Å². The van der Waals surface area contributed by atoms with Gasteiger partial charge in [-0.3, -0.25) is 0 Å². The van der Waals surface area contributed by atoms with Crippen molar-refractivity contribution >= 4 is 18.8 Å². The third-order valence-electron chi connectivity index (χ3n) is 0.163. The van der Waals surface area contributed by atoms with Gasteiger partial charge in [-0.2, -0.15) is 12.6 Å². The monoisotopic (exact) mass is 91.0 g/mol. The van der Waals surface area contributed by atoms with Crippen molar-refractivity contribution in [1.29, 1.82) is 0 Å². The first-order chi connectivity index (χ1) is 2.41. The van der Waals surface area contributed by atoms with E-state index in [0.717, 1.165) is 0 Å². The van der Waals surface area contributed by atoms with Crippen molar-refractivity contribution in [3.63, 3.8) is 0 Å². The second kappa shape index (κ2) is 3.82. The fourth-order valence-corrected chi connectivity index (χ4v) is 0.110. The van der Waals surface area contributed by atoms with Gasteiger partial charge in [0.2, 0.25) is 0 Å². The Labute approximate surface area is 35.9 Å². The van der Waals surface area contributed by atoms with E-state index in [9.17, 15) is 0 Å². The maximum Gasteiger partial charge on any atom is 0.0532 e. The third kappa shape index (κ3) is 3.82. The summed E-state index contributed by atoms with van der Waals surface area (Å²) in [5.74, 6) is 0.497. The molecule has 0 fully saturated rings. The van der Waals surface area contributed by atoms with Crippen LogP contribution in [0.15, 0.2) is 5.16 Å². The van der Waals surface area contributed by atoms with Gasteiger partial charge in [0, 0.05) is 5.75 Å². The standard InChI is InChI=1S/C2H5NOS/c4-3-1-2-5/h1,4-5H,2H2. The quantitative estimate of drug-likeness (QED) is 0.208. The second-order valence-corrected chi connectivity index (χ2v) is 0.846. The van der Waals surface area contributed by atoms with Gasteiger partial charge in [-0.15, -0.1) is 5.16 Å². The molecule has 0 saturated carbocycles. The molecule has 0 atom stereocenters. The molecule has 0 spiro atoms. The van der Waals surface area contributed by atoms with E-state index in [4.69, 9.17) is 5.21 Å². The van der Waals surface area contributed by atoms with Crippen LogP contribution in [0.1, 0.15) is 0 Å². The predicted octanol–water partition coefficient (Wildman–Crippen LogP) is 0.376. The summed E-state index contributed by atoms with van der Waals surface area (Å²) >= 11 is 3.69. The lowest BCUT2D eigenvalue weighted by atomic mass is 10.9. The summed E-state index contributed by atoms with van der Waals surface area (Å²) in [4.78, 5) is 0. The fourth-order valence-electron chi connectivity index (χ4n) is 0.0365. The van der Waals surface area contributed by atoms with Crippen LogP contribution in [-0.4, -0.2) is 17.2 Å². The molecule has 0 aromatic heterocycles. The molecule has 0 aliphatic carbocycles. The summed E-state index contributed by atoms with van der Waals surface area (Å²) in [6, 6.07) is 0. The highest BCUT2D eigenvalue weighted by Crippen LogP contribution is 1.60. The third-order valence-corrected chi connectivity index (χ3v) is 0.327. The van der Waals surface area contributed by atoms with Gasteiger partial charge < -0.3 is 5.21 Å². The maximum absolute atomic E-state index is 7.59. The van der Waals surface area contributed by atoms with Crippen LogP contribution < -0.4 is 0 Å². The van der Waals surface area contributed by atoms with Gasteiger partial charge in [-0.1, -0.05) is 0 Å². The van der Waals surface area contributed by atoms with Crippen molar-refractivity contribution in [2.45, 2.75) is 0 Å². The smallest absolute Gasteiger partial charge is 0.0532 e. The molecular weight excluding hydrogens is 86.1 g/mol. The molecule has 1 N–H and O–H groups in total. The van der Waals surface area contributed by atoms with E-state index in [-0.39, 0.29) is 0 Å². The van der Waals surface area contributed by atoms with E-state index in [1.807, 2.05) is 0 Å². The Balaban J connectivity index is 2.62. The predicted molar refractivity (Wildman–Crippen MR) is 24.1 cm³/mol. The second-order valence-electron chi connectivity index (χ2n) is 0.481. The molecule has 30 valence electrons. The highest BCUT2D eigenvalue weighted by molar-refractivity contribution is 7.80. The van der Waals surface area contributed by atoms with Gasteiger partial charge in [0.1, 0.15) is 0 Å². The van der Waals surface area contributed by atoms with Crippen molar-refractivity contribution in [3.8, 4) is 0 Å². The number of thiol groups is 1. The molecule has 0 saturated heterocycles. The van der Waals surface area contributed by atoms with Crippen LogP contribution in [0.5, 0.6) is 0 Å². The number of hydrogen-bond donors (Lipinski definition) is 2. The zero-order valence-electron chi connectivity index (χ0n) is 2.63. The molecule has 0 radical (unpaired) electrons. The molecule has 0 unspecified atom stereocenters. The molecule has 3 heteroatoms. The van der Waals surface area contributed by atoms with Crippen molar-refractivity contribution in [3.05, 3.63) is 0 Å². The van der Waals surface area contributed by atoms with Crippen LogP contribution in [0.2, 0.25) is 0 Å². The van der Waals surface area contributed by atoms with E-state index in [2.05, 4.69) is 17.8 Å². The summed E-state index contributed by atoms with van der Waals surface area (Å²) in [6.45, 7) is 0. The van der Waals surface area contributed by atoms with Gasteiger partial charge in [-0.25, -0.2) is 0 Å². The lowest BCUT2D eigenvalue weighted by Crippen LogP contribution is -1.68. The Morgan fingerprint density at radius 1 is 2.00 bits per heavy atom. The van der Waals surface area contributed by atoms with Crippen LogP contribution in [0.4, 0.5) is 0 Å². The lowest BCUT2D eigenvalue weighted by Gasteiger charge is -1.64. The number of oxime groups is 1. The molecule has 0 aromatic rings. The molecule has 2 nitrogen and oxygen atoms in total. The molecule has 0 bridgehead atoms. The van der Waals surface area contributed by atoms with Crippen LogP contribution in [0.25, 0.3) is 0 Å². The van der Waals surface area contributed by atoms with E-state index in [0.29, 0.717) is 5.75 Å². The molecule has 0 amide bonds. The minimum absolute atomic E-state index is 0.497. The molecule has 0 aliphatic heterocycles. The van der Waals surface area contributed by atoms with Crippen molar-refractivity contribution in [2.24, 2.45) is 5.16 Å². The van der Waals surface area contributed by atoms with Crippen LogP contribution >= 0.6 is 12.6 Å². The first-order valence-electron chi connectivity index (χ1n) is 1.18. The minimum Gasteiger partial charge on any atom is -0.411 e. The largest absolute Gasteiger partial charge is 0.411 e. The Bertz CT molecular complexity index is 36.6. The number of hydrogen-bond acceptors (Lipinski definition) is 3. The molecule has 0 aliphatic rings. The molecule has 0 aromatic carbocycles. The Morgan fingerprint density at radius 2 is 2.60 bits per heavy atom. The van der Waals surface area contributed by atoms with Crippen LogP contribution in [0.3, 0.4) is 0 Å². The Morgan fingerprint density at radius 3 is 2.60 bits per heavy atom. The molecule has 0 rings (SSSR count). The first kappa shape index (κ1) is 4.82. The summed E-state index contributed by atoms with van der Waals surface area (Å²) in [5, 5.41) is 10.2. The zero-order valence-corrected chi connectivity index (χ0v) is 3.52. The number of nitrogens with zero attached hydrogens (tertiary/aromatic N) is 1. The van der Waals surface area contributed by atoms with E-state index >= 15 is 0 Å². The van der Waals surface area contributed by atoms with Gasteiger partial charge in [0.25, 0.3) is 0 Å². The SMILES string of the molecule is ON=CCS. The van der Waals surface area contributed by atoms with Crippen LogP contribution in [0, 0.1) is 0 Å². The summed E-state index contributed by atoms with van der Waals surface area (Å²) in [5.41, 5.74) is 0. The van der Waals surface area contributed by atoms with Gasteiger partial charge in [-0.05, 0) is 0 Å². The lowest BCUT2D eigenvalue weighted by molar-refractivity contribution is 0.321. The van der Waals surface area contributed by atoms with Gasteiger partial charge >= 0.3 is 0 Å². The summed E-state index contributed by atoms with van der Waals surface area (Å²) < 4.78 is 0. The van der Waals surface area contributed by atoms with E-state index < -0.39 is 0 Å². The van der Waals surface area contributed by atoms with E-state index in [1.54, 1.807) is 0 Å². The Kier molecular flexibility index (Phi) is 3.68. The average Bonchev–Trinajstić information content (AvgIpc) is 1.41. The van der Waals surface area contributed by atoms with Crippen molar-refractivity contribution in [1.82, 2.24) is 0 Å². The first-order valence-corrected chi connectivity index (χ1v) is 1.82. The molecule has 5 heavy (non-hydrogen) atoms. The highest BCUT2D eigenvalue weighted by atomic mass is 32.1. The van der Waals surface area contributed by atoms with Crippen molar-refractivity contribution < 1.29 is 5.21 Å². The highest BCUT2D eigenvalue weighted by Gasteiger charge is 1.55. The zero-order chi connectivity index (χ0) is 4.12. The minimum atomic E-state index is 0.497. The summed E-state index contributed by atoms with van der Waals surface area (Å²) in [6.07, 6.45) is 1.29. The van der Waals surface area contributed by atoms with Gasteiger partial charge in [0.15, 0.2) is 0 Å². The fraction of sp³-hybridized carbons (Fsp3) is 0.500. The number of rotatable bonds is 1. The summed E-state index contributed by atoms with van der Waals surface area (Å²) in [7, 11) is 0. The maximum atomic E-state index is 7.59. The molecular formula is C2H5NOS. The normalized spacial score (nSPS) is 9.80. The van der Waals surface area contributed by atoms with Crippen LogP contribution in [-0.2, 0) is 0 Å². The average molecular weight is 91.1 g/mol. The van der Waals surface area contributed by atoms with Gasteiger partial charge in [0.05, 0.1) is 6.21 Å². The topological polar surface area (TPSA) is 32.6 Å². The van der Waals surface area contributed by atoms with E-state index in [1.165, 1.54) is 6.21 Å². The molecule has 0 heterocycles. The Hall–Kier alpha value is -0.180.